The highest BCUT2D eigenvalue weighted by Gasteiger charge is 2.15. The van der Waals surface area contributed by atoms with E-state index in [4.69, 9.17) is 0 Å². The standard InChI is InChI=1S/C13H9F2O2S/c1-18(16,17)13-5-3-2-4-10(13)9-6-7-11(14)12(15)8-9/h2-3,5-8H,1H3. The Morgan fingerprint density at radius 1 is 1.11 bits per heavy atom. The van der Waals surface area contributed by atoms with Crippen molar-refractivity contribution in [3.63, 3.8) is 0 Å². The Morgan fingerprint density at radius 3 is 2.44 bits per heavy atom. The summed E-state index contributed by atoms with van der Waals surface area (Å²) in [5.41, 5.74) is 0.508. The summed E-state index contributed by atoms with van der Waals surface area (Å²) in [4.78, 5) is 0.0380. The van der Waals surface area contributed by atoms with Crippen LogP contribution in [0.5, 0.6) is 0 Å². The maximum atomic E-state index is 13.2. The van der Waals surface area contributed by atoms with Crippen LogP contribution in [-0.4, -0.2) is 14.7 Å². The van der Waals surface area contributed by atoms with Gasteiger partial charge in [-0.15, -0.1) is 0 Å². The van der Waals surface area contributed by atoms with Gasteiger partial charge in [0, 0.05) is 11.8 Å². The third-order valence-electron chi connectivity index (χ3n) is 2.43. The van der Waals surface area contributed by atoms with Gasteiger partial charge in [-0.1, -0.05) is 18.2 Å². The summed E-state index contributed by atoms with van der Waals surface area (Å²) >= 11 is 0. The molecule has 0 saturated heterocycles. The molecule has 0 saturated carbocycles. The van der Waals surface area contributed by atoms with E-state index in [1.807, 2.05) is 0 Å². The summed E-state index contributed by atoms with van der Waals surface area (Å²) < 4.78 is 49.2. The van der Waals surface area contributed by atoms with Crippen molar-refractivity contribution in [1.29, 1.82) is 0 Å². The van der Waals surface area contributed by atoms with E-state index in [0.717, 1.165) is 18.4 Å². The maximum absolute atomic E-state index is 13.2. The average Bonchev–Trinajstić information content (AvgIpc) is 2.32. The SMILES string of the molecule is CS(=O)(=O)c1ccc[c]c1-c1ccc(F)c(F)c1. The van der Waals surface area contributed by atoms with Gasteiger partial charge in [0.2, 0.25) is 0 Å². The molecular formula is C13H9F2O2S. The summed E-state index contributed by atoms with van der Waals surface area (Å²) in [6.45, 7) is 0. The molecule has 1 radical (unpaired) electrons. The molecule has 0 bridgehead atoms. The highest BCUT2D eigenvalue weighted by Crippen LogP contribution is 2.27. The third-order valence-corrected chi connectivity index (χ3v) is 3.56. The molecular weight excluding hydrogens is 258 g/mol. The topological polar surface area (TPSA) is 34.1 Å². The number of rotatable bonds is 2. The van der Waals surface area contributed by atoms with Crippen LogP contribution in [-0.2, 0) is 9.84 Å². The zero-order valence-electron chi connectivity index (χ0n) is 9.44. The van der Waals surface area contributed by atoms with Crippen molar-refractivity contribution in [3.05, 3.63) is 54.1 Å². The quantitative estimate of drug-likeness (QED) is 0.838. The van der Waals surface area contributed by atoms with Crippen molar-refractivity contribution in [2.24, 2.45) is 0 Å². The fourth-order valence-electron chi connectivity index (χ4n) is 1.61. The first-order valence-corrected chi connectivity index (χ1v) is 6.95. The lowest BCUT2D eigenvalue weighted by Gasteiger charge is -2.07. The molecule has 2 nitrogen and oxygen atoms in total. The lowest BCUT2D eigenvalue weighted by Crippen LogP contribution is -2.00. The van der Waals surface area contributed by atoms with Crippen molar-refractivity contribution in [3.8, 4) is 11.1 Å². The lowest BCUT2D eigenvalue weighted by molar-refractivity contribution is 0.509. The van der Waals surface area contributed by atoms with E-state index in [9.17, 15) is 17.2 Å². The molecule has 0 fully saturated rings. The van der Waals surface area contributed by atoms with Gasteiger partial charge in [0.1, 0.15) is 0 Å². The maximum Gasteiger partial charge on any atom is 0.176 e. The first kappa shape index (κ1) is 12.7. The fraction of sp³-hybridized carbons (Fsp3) is 0.0769. The molecule has 0 N–H and O–H groups in total. The molecule has 0 aromatic heterocycles. The molecule has 93 valence electrons. The molecule has 0 unspecified atom stereocenters. The van der Waals surface area contributed by atoms with Crippen LogP contribution in [0.25, 0.3) is 11.1 Å². The van der Waals surface area contributed by atoms with Gasteiger partial charge in [-0.3, -0.25) is 0 Å². The molecule has 0 aliphatic heterocycles. The van der Waals surface area contributed by atoms with Gasteiger partial charge in [-0.05, 0) is 29.8 Å². The second-order valence-electron chi connectivity index (χ2n) is 3.81. The van der Waals surface area contributed by atoms with Crippen LogP contribution in [0.1, 0.15) is 0 Å². The predicted octanol–water partition coefficient (Wildman–Crippen LogP) is 2.84. The van der Waals surface area contributed by atoms with Gasteiger partial charge in [0.05, 0.1) is 4.90 Å². The van der Waals surface area contributed by atoms with Crippen LogP contribution in [0.2, 0.25) is 0 Å². The van der Waals surface area contributed by atoms with Crippen molar-refractivity contribution < 1.29 is 17.2 Å². The van der Waals surface area contributed by atoms with Crippen LogP contribution < -0.4 is 0 Å². The van der Waals surface area contributed by atoms with Crippen LogP contribution >= 0.6 is 0 Å². The van der Waals surface area contributed by atoms with Crippen LogP contribution in [0, 0.1) is 17.7 Å². The fourth-order valence-corrected chi connectivity index (χ4v) is 2.48. The molecule has 2 rings (SSSR count). The van der Waals surface area contributed by atoms with Crippen molar-refractivity contribution in [1.82, 2.24) is 0 Å². The van der Waals surface area contributed by atoms with Crippen LogP contribution in [0.15, 0.2) is 41.3 Å². The Labute approximate surface area is 104 Å². The Balaban J connectivity index is 2.68. The van der Waals surface area contributed by atoms with E-state index in [0.29, 0.717) is 0 Å². The van der Waals surface area contributed by atoms with Crippen LogP contribution in [0.4, 0.5) is 8.78 Å². The van der Waals surface area contributed by atoms with E-state index in [2.05, 4.69) is 6.07 Å². The van der Waals surface area contributed by atoms with Gasteiger partial charge >= 0.3 is 0 Å². The number of sulfone groups is 1. The summed E-state index contributed by atoms with van der Waals surface area (Å²) in [6.07, 6.45) is 1.06. The number of benzene rings is 2. The second kappa shape index (κ2) is 4.49. The Morgan fingerprint density at radius 2 is 1.83 bits per heavy atom. The highest BCUT2D eigenvalue weighted by atomic mass is 32.2. The lowest BCUT2D eigenvalue weighted by atomic mass is 10.1. The molecule has 0 atom stereocenters. The van der Waals surface area contributed by atoms with E-state index in [1.54, 1.807) is 0 Å². The second-order valence-corrected chi connectivity index (χ2v) is 5.79. The van der Waals surface area contributed by atoms with Gasteiger partial charge in [0.25, 0.3) is 0 Å². The van der Waals surface area contributed by atoms with Gasteiger partial charge in [-0.2, -0.15) is 0 Å². The number of hydrogen-bond acceptors (Lipinski definition) is 2. The van der Waals surface area contributed by atoms with Gasteiger partial charge in [-0.25, -0.2) is 17.2 Å². The minimum Gasteiger partial charge on any atom is -0.224 e. The first-order chi connectivity index (χ1) is 8.39. The summed E-state index contributed by atoms with van der Waals surface area (Å²) in [6, 6.07) is 10.4. The summed E-state index contributed by atoms with van der Waals surface area (Å²) in [7, 11) is -3.45. The molecule has 0 aliphatic carbocycles. The monoisotopic (exact) mass is 267 g/mol. The van der Waals surface area contributed by atoms with Crippen molar-refractivity contribution in [2.45, 2.75) is 4.90 Å². The number of hydrogen-bond donors (Lipinski definition) is 0. The van der Waals surface area contributed by atoms with E-state index < -0.39 is 21.5 Å². The first-order valence-electron chi connectivity index (χ1n) is 5.06. The summed E-state index contributed by atoms with van der Waals surface area (Å²) in [5, 5.41) is 0. The number of halogens is 2. The normalized spacial score (nSPS) is 11.5. The van der Waals surface area contributed by atoms with E-state index in [1.165, 1.54) is 24.3 Å². The Bertz CT molecular complexity index is 694. The van der Waals surface area contributed by atoms with Gasteiger partial charge < -0.3 is 0 Å². The largest absolute Gasteiger partial charge is 0.224 e. The molecule has 18 heavy (non-hydrogen) atoms. The smallest absolute Gasteiger partial charge is 0.176 e. The molecule has 5 heteroatoms. The minimum atomic E-state index is -3.45. The molecule has 0 heterocycles. The van der Waals surface area contributed by atoms with Crippen LogP contribution in [0.3, 0.4) is 0 Å². The zero-order chi connectivity index (χ0) is 13.3. The molecule has 2 aromatic rings. The third kappa shape index (κ3) is 2.41. The average molecular weight is 267 g/mol. The van der Waals surface area contributed by atoms with Gasteiger partial charge in [0.15, 0.2) is 21.5 Å². The van der Waals surface area contributed by atoms with E-state index in [-0.39, 0.29) is 16.0 Å². The van der Waals surface area contributed by atoms with E-state index >= 15 is 0 Å². The minimum absolute atomic E-state index is 0.0380. The van der Waals surface area contributed by atoms with Crippen molar-refractivity contribution in [2.75, 3.05) is 6.26 Å². The predicted molar refractivity (Wildman–Crippen MR) is 63.7 cm³/mol. The highest BCUT2D eigenvalue weighted by molar-refractivity contribution is 7.90. The Kier molecular flexibility index (Phi) is 3.17. The Hall–Kier alpha value is -1.75. The molecule has 2 aromatic carbocycles. The molecule has 0 spiro atoms. The summed E-state index contributed by atoms with van der Waals surface area (Å²) in [5.74, 6) is -2.00. The molecule has 0 amide bonds. The van der Waals surface area contributed by atoms with Crippen molar-refractivity contribution >= 4 is 9.84 Å². The molecule has 0 aliphatic rings. The zero-order valence-corrected chi connectivity index (χ0v) is 10.3.